The van der Waals surface area contributed by atoms with Gasteiger partial charge in [-0.3, -0.25) is 4.79 Å². The second kappa shape index (κ2) is 7.05. The topological polar surface area (TPSA) is 56.1 Å². The minimum absolute atomic E-state index is 0.0429. The van der Waals surface area contributed by atoms with Gasteiger partial charge in [0.05, 0.1) is 10.7 Å². The number of aromatic nitrogens is 2. The first kappa shape index (κ1) is 14.5. The lowest BCUT2D eigenvalue weighted by Crippen LogP contribution is -2.31. The van der Waals surface area contributed by atoms with Crippen LogP contribution in [0.1, 0.15) is 25.7 Å². The van der Waals surface area contributed by atoms with Crippen LogP contribution >= 0.6 is 15.9 Å². The third-order valence-electron chi connectivity index (χ3n) is 3.48. The summed E-state index contributed by atoms with van der Waals surface area (Å²) in [4.78, 5) is 12.3. The molecule has 1 fully saturated rings. The van der Waals surface area contributed by atoms with Gasteiger partial charge in [0.15, 0.2) is 0 Å². The zero-order valence-electron chi connectivity index (χ0n) is 11.2. The fourth-order valence-electron chi connectivity index (χ4n) is 2.11. The molecule has 0 unspecified atom stereocenters. The fraction of sp³-hybridized carbons (Fsp3) is 0.692. The maximum absolute atomic E-state index is 12.3. The van der Waals surface area contributed by atoms with Gasteiger partial charge in [-0.25, -0.2) is 4.68 Å². The molecule has 0 saturated heterocycles. The number of methoxy groups -OCH3 is 1. The highest BCUT2D eigenvalue weighted by Crippen LogP contribution is 2.27. The average Bonchev–Trinajstić information content (AvgIpc) is 2.35. The number of halogens is 1. The van der Waals surface area contributed by atoms with Crippen molar-refractivity contribution in [2.24, 2.45) is 5.92 Å². The van der Waals surface area contributed by atoms with Crippen molar-refractivity contribution in [3.63, 3.8) is 0 Å². The molecule has 106 valence electrons. The molecule has 6 heteroatoms. The van der Waals surface area contributed by atoms with Gasteiger partial charge in [0.2, 0.25) is 0 Å². The number of nitrogens with one attached hydrogen (secondary N) is 1. The Bertz CT molecular complexity index is 471. The van der Waals surface area contributed by atoms with Crippen molar-refractivity contribution < 1.29 is 4.74 Å². The van der Waals surface area contributed by atoms with Crippen molar-refractivity contribution in [3.8, 4) is 0 Å². The highest BCUT2D eigenvalue weighted by Gasteiger charge is 2.20. The SMILES string of the molecule is COCCCNc1c(Br)cnn(CC2CCC2)c1=O. The van der Waals surface area contributed by atoms with Crippen molar-refractivity contribution in [1.82, 2.24) is 9.78 Å². The molecule has 2 rings (SSSR count). The summed E-state index contributed by atoms with van der Waals surface area (Å²) in [6.07, 6.45) is 6.26. The second-order valence-corrected chi connectivity index (χ2v) is 5.78. The van der Waals surface area contributed by atoms with Crippen LogP contribution in [0.3, 0.4) is 0 Å². The van der Waals surface area contributed by atoms with E-state index in [0.717, 1.165) is 24.0 Å². The lowest BCUT2D eigenvalue weighted by Gasteiger charge is -2.25. The Morgan fingerprint density at radius 1 is 1.58 bits per heavy atom. The van der Waals surface area contributed by atoms with Crippen LogP contribution in [0.4, 0.5) is 5.69 Å². The molecule has 1 aliphatic carbocycles. The van der Waals surface area contributed by atoms with Gasteiger partial charge in [-0.15, -0.1) is 0 Å². The minimum Gasteiger partial charge on any atom is -0.385 e. The van der Waals surface area contributed by atoms with Crippen molar-refractivity contribution in [3.05, 3.63) is 21.0 Å². The summed E-state index contributed by atoms with van der Waals surface area (Å²) in [6, 6.07) is 0. The molecule has 0 aliphatic heterocycles. The largest absolute Gasteiger partial charge is 0.385 e. The third kappa shape index (κ3) is 3.79. The Labute approximate surface area is 121 Å². The predicted molar refractivity (Wildman–Crippen MR) is 78.5 cm³/mol. The molecule has 1 aliphatic rings. The first-order valence-corrected chi connectivity index (χ1v) is 7.50. The molecule has 1 aromatic heterocycles. The summed E-state index contributed by atoms with van der Waals surface area (Å²) >= 11 is 3.38. The van der Waals surface area contributed by atoms with Crippen molar-refractivity contribution in [2.75, 3.05) is 25.6 Å². The van der Waals surface area contributed by atoms with Crippen LogP contribution in [0.5, 0.6) is 0 Å². The van der Waals surface area contributed by atoms with E-state index >= 15 is 0 Å². The van der Waals surface area contributed by atoms with Gasteiger partial charge in [-0.05, 0) is 41.1 Å². The van der Waals surface area contributed by atoms with E-state index in [1.807, 2.05) is 0 Å². The first-order chi connectivity index (χ1) is 9.22. The molecule has 0 aromatic carbocycles. The minimum atomic E-state index is -0.0429. The number of rotatable bonds is 7. The normalized spacial score (nSPS) is 15.3. The third-order valence-corrected chi connectivity index (χ3v) is 4.08. The van der Waals surface area contributed by atoms with Crippen LogP contribution < -0.4 is 10.9 Å². The summed E-state index contributed by atoms with van der Waals surface area (Å²) in [5.41, 5.74) is 0.559. The molecule has 1 N–H and O–H groups in total. The quantitative estimate of drug-likeness (QED) is 0.779. The van der Waals surface area contributed by atoms with Crippen LogP contribution in [0.15, 0.2) is 15.5 Å². The number of hydrogen-bond acceptors (Lipinski definition) is 4. The van der Waals surface area contributed by atoms with Gasteiger partial charge in [0.25, 0.3) is 5.56 Å². The number of anilines is 1. The van der Waals surface area contributed by atoms with E-state index in [0.29, 0.717) is 18.2 Å². The summed E-state index contributed by atoms with van der Waals surface area (Å²) in [7, 11) is 1.67. The summed E-state index contributed by atoms with van der Waals surface area (Å²) in [6.45, 7) is 2.14. The van der Waals surface area contributed by atoms with E-state index in [-0.39, 0.29) is 5.56 Å². The maximum Gasteiger partial charge on any atom is 0.291 e. The smallest absolute Gasteiger partial charge is 0.291 e. The number of ether oxygens (including phenoxy) is 1. The van der Waals surface area contributed by atoms with E-state index in [9.17, 15) is 4.79 Å². The highest BCUT2D eigenvalue weighted by atomic mass is 79.9. The Morgan fingerprint density at radius 2 is 2.37 bits per heavy atom. The summed E-state index contributed by atoms with van der Waals surface area (Å²) in [5, 5.41) is 7.36. The molecule has 0 radical (unpaired) electrons. The van der Waals surface area contributed by atoms with Crippen molar-refractivity contribution >= 4 is 21.6 Å². The molecule has 0 bridgehead atoms. The highest BCUT2D eigenvalue weighted by molar-refractivity contribution is 9.10. The second-order valence-electron chi connectivity index (χ2n) is 4.92. The lowest BCUT2D eigenvalue weighted by molar-refractivity contribution is 0.197. The molecule has 1 saturated carbocycles. The standard InChI is InChI=1S/C13H20BrN3O2/c1-19-7-3-6-15-12-11(14)8-16-17(13(12)18)9-10-4-2-5-10/h8,10,15H,2-7,9H2,1H3. The number of hydrogen-bond donors (Lipinski definition) is 1. The molecule has 5 nitrogen and oxygen atoms in total. The Balaban J connectivity index is 2.03. The van der Waals surface area contributed by atoms with Gasteiger partial charge < -0.3 is 10.1 Å². The van der Waals surface area contributed by atoms with Gasteiger partial charge in [-0.2, -0.15) is 5.10 Å². The lowest BCUT2D eigenvalue weighted by atomic mass is 9.85. The fourth-order valence-corrected chi connectivity index (χ4v) is 2.51. The van der Waals surface area contributed by atoms with E-state index in [2.05, 4.69) is 26.3 Å². The molecule has 19 heavy (non-hydrogen) atoms. The molecule has 0 spiro atoms. The zero-order valence-corrected chi connectivity index (χ0v) is 12.8. The van der Waals surface area contributed by atoms with Crippen molar-refractivity contribution in [2.45, 2.75) is 32.2 Å². The maximum atomic E-state index is 12.3. The Hall–Kier alpha value is -0.880. The molecule has 0 amide bonds. The van der Waals surface area contributed by atoms with E-state index < -0.39 is 0 Å². The monoisotopic (exact) mass is 329 g/mol. The van der Waals surface area contributed by atoms with E-state index in [4.69, 9.17) is 4.74 Å². The van der Waals surface area contributed by atoms with Crippen LogP contribution in [0.25, 0.3) is 0 Å². The van der Waals surface area contributed by atoms with Crippen LogP contribution in [0, 0.1) is 5.92 Å². The molecule has 1 aromatic rings. The molecular weight excluding hydrogens is 310 g/mol. The number of nitrogens with zero attached hydrogens (tertiary/aromatic N) is 2. The van der Waals surface area contributed by atoms with E-state index in [1.165, 1.54) is 19.3 Å². The van der Waals surface area contributed by atoms with Crippen LogP contribution in [-0.4, -0.2) is 30.0 Å². The van der Waals surface area contributed by atoms with Gasteiger partial charge in [0, 0.05) is 26.8 Å². The molecule has 0 atom stereocenters. The zero-order chi connectivity index (χ0) is 13.7. The van der Waals surface area contributed by atoms with E-state index in [1.54, 1.807) is 18.0 Å². The van der Waals surface area contributed by atoms with Gasteiger partial charge in [-0.1, -0.05) is 6.42 Å². The average molecular weight is 330 g/mol. The first-order valence-electron chi connectivity index (χ1n) is 6.71. The van der Waals surface area contributed by atoms with Crippen LogP contribution in [-0.2, 0) is 11.3 Å². The summed E-state index contributed by atoms with van der Waals surface area (Å²) < 4.78 is 7.29. The van der Waals surface area contributed by atoms with Crippen LogP contribution in [0.2, 0.25) is 0 Å². The van der Waals surface area contributed by atoms with Crippen molar-refractivity contribution in [1.29, 1.82) is 0 Å². The van der Waals surface area contributed by atoms with Gasteiger partial charge >= 0.3 is 0 Å². The molecule has 1 heterocycles. The summed E-state index contributed by atoms with van der Waals surface area (Å²) in [5.74, 6) is 0.618. The molecular formula is C13H20BrN3O2. The predicted octanol–water partition coefficient (Wildman–Crippen LogP) is 2.25. The van der Waals surface area contributed by atoms with Gasteiger partial charge in [0.1, 0.15) is 5.69 Å². The Kier molecular flexibility index (Phi) is 5.39. The Morgan fingerprint density at radius 3 is 3.00 bits per heavy atom.